The maximum absolute atomic E-state index is 12.6. The molecule has 4 rings (SSSR count). The Hall–Kier alpha value is -4.48. The van der Waals surface area contributed by atoms with E-state index in [9.17, 15) is 28.4 Å². The number of halogens is 3. The minimum atomic E-state index is -4.43. The van der Waals surface area contributed by atoms with E-state index in [0.717, 1.165) is 24.4 Å². The highest BCUT2D eigenvalue weighted by molar-refractivity contribution is 5.62. The van der Waals surface area contributed by atoms with E-state index < -0.39 is 28.2 Å². The van der Waals surface area contributed by atoms with Crippen LogP contribution in [0.1, 0.15) is 5.56 Å². The maximum atomic E-state index is 12.6. The summed E-state index contributed by atoms with van der Waals surface area (Å²) in [5.41, 5.74) is -0.703. The van der Waals surface area contributed by atoms with E-state index >= 15 is 0 Å². The van der Waals surface area contributed by atoms with Gasteiger partial charge < -0.3 is 14.4 Å². The van der Waals surface area contributed by atoms with Crippen molar-refractivity contribution < 1.29 is 32.5 Å². The summed E-state index contributed by atoms with van der Waals surface area (Å²) in [4.78, 5) is 17.8. The third-order valence-corrected chi connectivity index (χ3v) is 4.25. The Morgan fingerprint density at radius 2 is 1.62 bits per heavy atom. The highest BCUT2D eigenvalue weighted by Crippen LogP contribution is 2.32. The lowest BCUT2D eigenvalue weighted by molar-refractivity contribution is -0.386. The Balaban J connectivity index is 1.50. The normalized spacial score (nSPS) is 11.3. The lowest BCUT2D eigenvalue weighted by Crippen LogP contribution is -2.03. The summed E-state index contributed by atoms with van der Waals surface area (Å²) < 4.78 is 48.5. The second kappa shape index (κ2) is 7.98. The molecule has 0 radical (unpaired) electrons. The van der Waals surface area contributed by atoms with Crippen LogP contribution in [0.25, 0.3) is 22.8 Å². The van der Waals surface area contributed by atoms with Crippen molar-refractivity contribution in [1.82, 2.24) is 15.1 Å². The molecular weight excluding hydrogens is 433 g/mol. The predicted octanol–water partition coefficient (Wildman–Crippen LogP) is 5.22. The van der Waals surface area contributed by atoms with Crippen LogP contribution in [0.2, 0.25) is 0 Å². The SMILES string of the molecule is O=[N+]([O-])c1cc(-c2nc(-c3ccc(Oc4ccc(C(F)(F)F)cc4)cc3)no2)cnc1O. The van der Waals surface area contributed by atoms with Crippen LogP contribution >= 0.6 is 0 Å². The average molecular weight is 444 g/mol. The van der Waals surface area contributed by atoms with Crippen LogP contribution in [-0.4, -0.2) is 25.2 Å². The van der Waals surface area contributed by atoms with Gasteiger partial charge in [0.2, 0.25) is 5.82 Å². The van der Waals surface area contributed by atoms with E-state index in [1.165, 1.54) is 12.1 Å². The molecule has 2 aromatic heterocycles. The van der Waals surface area contributed by atoms with Gasteiger partial charge in [-0.05, 0) is 48.5 Å². The van der Waals surface area contributed by atoms with Crippen molar-refractivity contribution in [3.63, 3.8) is 0 Å². The quantitative estimate of drug-likeness (QED) is 0.328. The number of aromatic hydroxyl groups is 1. The Morgan fingerprint density at radius 3 is 2.22 bits per heavy atom. The molecule has 0 aliphatic heterocycles. The third-order valence-electron chi connectivity index (χ3n) is 4.25. The maximum Gasteiger partial charge on any atom is 0.416 e. The Kier molecular flexibility index (Phi) is 5.18. The number of hydrogen-bond donors (Lipinski definition) is 1. The van der Waals surface area contributed by atoms with Gasteiger partial charge in [0, 0.05) is 17.8 Å². The van der Waals surface area contributed by atoms with Crippen LogP contribution in [-0.2, 0) is 6.18 Å². The number of ether oxygens (including phenoxy) is 1. The van der Waals surface area contributed by atoms with Crippen LogP contribution in [0, 0.1) is 10.1 Å². The molecule has 0 amide bonds. The third kappa shape index (κ3) is 4.33. The zero-order chi connectivity index (χ0) is 22.9. The van der Waals surface area contributed by atoms with Gasteiger partial charge in [0.15, 0.2) is 0 Å². The zero-order valence-electron chi connectivity index (χ0n) is 15.8. The van der Waals surface area contributed by atoms with Crippen LogP contribution in [0.3, 0.4) is 0 Å². The molecule has 0 saturated carbocycles. The summed E-state index contributed by atoms with van der Waals surface area (Å²) in [6.45, 7) is 0. The summed E-state index contributed by atoms with van der Waals surface area (Å²) in [6, 6.07) is 11.7. The molecule has 1 N–H and O–H groups in total. The smallest absolute Gasteiger partial charge is 0.416 e. The van der Waals surface area contributed by atoms with Crippen molar-refractivity contribution in [2.75, 3.05) is 0 Å². The number of rotatable bonds is 5. The topological polar surface area (TPSA) is 124 Å². The van der Waals surface area contributed by atoms with Crippen molar-refractivity contribution in [3.8, 4) is 40.2 Å². The summed E-state index contributed by atoms with van der Waals surface area (Å²) in [7, 11) is 0. The minimum absolute atomic E-state index is 0.0410. The first-order valence-corrected chi connectivity index (χ1v) is 8.84. The number of benzene rings is 2. The molecule has 2 heterocycles. The Morgan fingerprint density at radius 1 is 1.00 bits per heavy atom. The Bertz CT molecular complexity index is 1270. The van der Waals surface area contributed by atoms with Gasteiger partial charge in [-0.15, -0.1) is 0 Å². The van der Waals surface area contributed by atoms with Gasteiger partial charge in [-0.3, -0.25) is 10.1 Å². The fourth-order valence-electron chi connectivity index (χ4n) is 2.68. The highest BCUT2D eigenvalue weighted by Gasteiger charge is 2.30. The lowest BCUT2D eigenvalue weighted by Gasteiger charge is -2.09. The van der Waals surface area contributed by atoms with Crippen molar-refractivity contribution in [3.05, 3.63) is 76.5 Å². The van der Waals surface area contributed by atoms with Crippen LogP contribution in [0.4, 0.5) is 18.9 Å². The van der Waals surface area contributed by atoms with E-state index in [2.05, 4.69) is 15.1 Å². The van der Waals surface area contributed by atoms with Crippen LogP contribution in [0.15, 0.2) is 65.3 Å². The molecule has 0 fully saturated rings. The minimum Gasteiger partial charge on any atom is -0.488 e. The van der Waals surface area contributed by atoms with Gasteiger partial charge >= 0.3 is 11.9 Å². The van der Waals surface area contributed by atoms with Crippen molar-refractivity contribution >= 4 is 5.69 Å². The van der Waals surface area contributed by atoms with E-state index in [1.54, 1.807) is 24.3 Å². The molecule has 0 aliphatic carbocycles. The molecule has 9 nitrogen and oxygen atoms in total. The highest BCUT2D eigenvalue weighted by atomic mass is 19.4. The molecular formula is C20H11F3N4O5. The summed E-state index contributed by atoms with van der Waals surface area (Å²) in [5, 5.41) is 24.2. The second-order valence-electron chi connectivity index (χ2n) is 6.40. The molecule has 2 aromatic carbocycles. The fourth-order valence-corrected chi connectivity index (χ4v) is 2.68. The van der Waals surface area contributed by atoms with Gasteiger partial charge in [-0.25, -0.2) is 4.98 Å². The Labute approximate surface area is 176 Å². The summed E-state index contributed by atoms with van der Waals surface area (Å²) >= 11 is 0. The molecule has 0 atom stereocenters. The fraction of sp³-hybridized carbons (Fsp3) is 0.0500. The molecule has 0 spiro atoms. The first-order valence-electron chi connectivity index (χ1n) is 8.84. The molecule has 0 saturated heterocycles. The molecule has 4 aromatic rings. The van der Waals surface area contributed by atoms with Gasteiger partial charge in [-0.2, -0.15) is 18.2 Å². The largest absolute Gasteiger partial charge is 0.488 e. The summed E-state index contributed by atoms with van der Waals surface area (Å²) in [5.74, 6) is 0.00391. The van der Waals surface area contributed by atoms with E-state index in [0.29, 0.717) is 11.3 Å². The molecule has 12 heteroatoms. The van der Waals surface area contributed by atoms with E-state index in [1.807, 2.05) is 0 Å². The predicted molar refractivity (Wildman–Crippen MR) is 103 cm³/mol. The van der Waals surface area contributed by atoms with E-state index in [-0.39, 0.29) is 23.0 Å². The van der Waals surface area contributed by atoms with Crippen LogP contribution < -0.4 is 4.74 Å². The second-order valence-corrected chi connectivity index (χ2v) is 6.40. The van der Waals surface area contributed by atoms with Gasteiger partial charge in [0.05, 0.1) is 16.1 Å². The molecule has 0 unspecified atom stereocenters. The number of aromatic nitrogens is 3. The molecule has 162 valence electrons. The molecule has 0 bridgehead atoms. The lowest BCUT2D eigenvalue weighted by atomic mass is 10.2. The monoisotopic (exact) mass is 444 g/mol. The average Bonchev–Trinajstić information content (AvgIpc) is 3.24. The number of alkyl halides is 3. The number of hydrogen-bond acceptors (Lipinski definition) is 8. The van der Waals surface area contributed by atoms with E-state index in [4.69, 9.17) is 9.26 Å². The van der Waals surface area contributed by atoms with Gasteiger partial charge in [0.25, 0.3) is 11.8 Å². The standard InChI is InChI=1S/C20H11F3N4O5/c21-20(22,23)13-3-7-15(8-4-13)31-14-5-1-11(2-6-14)17-25-19(32-26-17)12-9-16(27(29)30)18(28)24-10-12/h1-10H,(H,24,28). The first kappa shape index (κ1) is 20.8. The number of nitrogens with zero attached hydrogens (tertiary/aromatic N) is 4. The number of pyridine rings is 1. The van der Waals surface area contributed by atoms with Gasteiger partial charge in [0.1, 0.15) is 11.5 Å². The first-order chi connectivity index (χ1) is 15.2. The molecule has 0 aliphatic rings. The zero-order valence-corrected chi connectivity index (χ0v) is 15.8. The molecule has 32 heavy (non-hydrogen) atoms. The van der Waals surface area contributed by atoms with Gasteiger partial charge in [-0.1, -0.05) is 5.16 Å². The van der Waals surface area contributed by atoms with Crippen molar-refractivity contribution in [2.45, 2.75) is 6.18 Å². The van der Waals surface area contributed by atoms with Crippen molar-refractivity contribution in [1.29, 1.82) is 0 Å². The van der Waals surface area contributed by atoms with Crippen molar-refractivity contribution in [2.24, 2.45) is 0 Å². The number of nitro groups is 1. The van der Waals surface area contributed by atoms with Crippen LogP contribution in [0.5, 0.6) is 17.4 Å². The summed E-state index contributed by atoms with van der Waals surface area (Å²) in [6.07, 6.45) is -3.27.